The number of benzene rings is 2. The van der Waals surface area contributed by atoms with Gasteiger partial charge in [0.25, 0.3) is 11.1 Å². The normalized spacial score (nSPS) is 15.2. The maximum Gasteiger partial charge on any atom is 0.294 e. The van der Waals surface area contributed by atoms with Crippen molar-refractivity contribution in [3.63, 3.8) is 0 Å². The van der Waals surface area contributed by atoms with Crippen LogP contribution in [0.4, 0.5) is 10.5 Å². The molecule has 0 radical (unpaired) electrons. The average molecular weight is 445 g/mol. The number of carbonyl (C=O) groups is 3. The number of hydrogen-bond acceptors (Lipinski definition) is 5. The zero-order valence-electron chi connectivity index (χ0n) is 16.6. The molecule has 0 aromatic heterocycles. The monoisotopic (exact) mass is 444 g/mol. The molecule has 8 heteroatoms. The van der Waals surface area contributed by atoms with Crippen LogP contribution >= 0.6 is 23.4 Å². The smallest absolute Gasteiger partial charge is 0.294 e. The molecule has 3 rings (SSSR count). The third-order valence-electron chi connectivity index (χ3n) is 4.04. The van der Waals surface area contributed by atoms with E-state index in [0.29, 0.717) is 23.2 Å². The molecule has 1 N–H and O–H groups in total. The van der Waals surface area contributed by atoms with Crippen LogP contribution < -0.4 is 10.1 Å². The fourth-order valence-electron chi connectivity index (χ4n) is 2.62. The molecule has 1 aliphatic rings. The van der Waals surface area contributed by atoms with Gasteiger partial charge in [0.2, 0.25) is 5.91 Å². The zero-order valence-corrected chi connectivity index (χ0v) is 18.1. The molecule has 0 spiro atoms. The lowest BCUT2D eigenvalue weighted by atomic mass is 10.2. The van der Waals surface area contributed by atoms with Crippen LogP contribution in [0.1, 0.15) is 19.4 Å². The third kappa shape index (κ3) is 5.87. The van der Waals surface area contributed by atoms with Gasteiger partial charge in [-0.05, 0) is 59.7 Å². The van der Waals surface area contributed by atoms with E-state index in [0.717, 1.165) is 28.0 Å². The summed E-state index contributed by atoms with van der Waals surface area (Å²) in [5.41, 5.74) is 1.26. The molecule has 1 heterocycles. The lowest BCUT2D eigenvalue weighted by molar-refractivity contribution is -0.127. The summed E-state index contributed by atoms with van der Waals surface area (Å²) in [7, 11) is 0. The molecule has 2 aromatic rings. The highest BCUT2D eigenvalue weighted by Gasteiger charge is 2.36. The van der Waals surface area contributed by atoms with Gasteiger partial charge in [-0.1, -0.05) is 43.6 Å². The summed E-state index contributed by atoms with van der Waals surface area (Å²) in [6.07, 6.45) is 1.63. The number of thioether (sulfide) groups is 1. The molecule has 0 unspecified atom stereocenters. The first-order chi connectivity index (χ1) is 14.3. The lowest BCUT2D eigenvalue weighted by Crippen LogP contribution is -2.36. The quantitative estimate of drug-likeness (QED) is 0.605. The van der Waals surface area contributed by atoms with Gasteiger partial charge in [-0.25, -0.2) is 0 Å². The van der Waals surface area contributed by atoms with Gasteiger partial charge in [0, 0.05) is 10.7 Å². The minimum Gasteiger partial charge on any atom is -0.493 e. The van der Waals surface area contributed by atoms with Crippen LogP contribution in [0, 0.1) is 5.92 Å². The van der Waals surface area contributed by atoms with Crippen molar-refractivity contribution in [1.29, 1.82) is 0 Å². The average Bonchev–Trinajstić information content (AvgIpc) is 2.95. The summed E-state index contributed by atoms with van der Waals surface area (Å²) in [5.74, 6) is 0.192. The molecule has 2 aromatic carbocycles. The topological polar surface area (TPSA) is 75.7 Å². The van der Waals surface area contributed by atoms with Crippen molar-refractivity contribution < 1.29 is 19.1 Å². The molecule has 3 amide bonds. The Morgan fingerprint density at radius 2 is 1.93 bits per heavy atom. The molecule has 0 atom stereocenters. The van der Waals surface area contributed by atoms with Gasteiger partial charge in [0.15, 0.2) is 0 Å². The third-order valence-corrected chi connectivity index (χ3v) is 5.19. The predicted octanol–water partition coefficient (Wildman–Crippen LogP) is 5.05. The summed E-state index contributed by atoms with van der Waals surface area (Å²) in [4.78, 5) is 38.3. The fourth-order valence-corrected chi connectivity index (χ4v) is 3.65. The summed E-state index contributed by atoms with van der Waals surface area (Å²) in [6.45, 7) is 4.39. The number of nitrogens with one attached hydrogen (secondary N) is 1. The summed E-state index contributed by atoms with van der Waals surface area (Å²) >= 11 is 6.71. The fraction of sp³-hybridized carbons (Fsp3) is 0.227. The van der Waals surface area contributed by atoms with E-state index in [-0.39, 0.29) is 11.4 Å². The highest BCUT2D eigenvalue weighted by Crippen LogP contribution is 2.32. The van der Waals surface area contributed by atoms with Crippen molar-refractivity contribution in [2.45, 2.75) is 13.8 Å². The van der Waals surface area contributed by atoms with Gasteiger partial charge < -0.3 is 10.1 Å². The molecule has 0 aliphatic carbocycles. The van der Waals surface area contributed by atoms with Crippen molar-refractivity contribution in [3.8, 4) is 5.75 Å². The zero-order chi connectivity index (χ0) is 21.7. The minimum absolute atomic E-state index is 0.270. The second-order valence-corrected chi connectivity index (χ2v) is 8.53. The highest BCUT2D eigenvalue weighted by atomic mass is 35.5. The second-order valence-electron chi connectivity index (χ2n) is 7.10. The molecule has 0 bridgehead atoms. The Morgan fingerprint density at radius 1 is 1.20 bits per heavy atom. The molecule has 1 saturated heterocycles. The summed E-state index contributed by atoms with van der Waals surface area (Å²) in [5, 5.41) is 2.62. The number of nitrogens with zero attached hydrogens (tertiary/aromatic N) is 1. The minimum atomic E-state index is -0.494. The van der Waals surface area contributed by atoms with Crippen molar-refractivity contribution in [3.05, 3.63) is 64.0 Å². The second kappa shape index (κ2) is 9.82. The van der Waals surface area contributed by atoms with Crippen LogP contribution in [0.15, 0.2) is 53.4 Å². The first-order valence-electron chi connectivity index (χ1n) is 9.35. The van der Waals surface area contributed by atoms with Crippen LogP contribution in [0.25, 0.3) is 6.08 Å². The van der Waals surface area contributed by atoms with E-state index in [4.69, 9.17) is 16.3 Å². The van der Waals surface area contributed by atoms with E-state index in [2.05, 4.69) is 19.2 Å². The van der Waals surface area contributed by atoms with E-state index >= 15 is 0 Å². The Morgan fingerprint density at radius 3 is 2.60 bits per heavy atom. The van der Waals surface area contributed by atoms with E-state index in [9.17, 15) is 14.4 Å². The Hall–Kier alpha value is -2.77. The van der Waals surface area contributed by atoms with Gasteiger partial charge in [-0.2, -0.15) is 0 Å². The number of halogens is 1. The van der Waals surface area contributed by atoms with Gasteiger partial charge >= 0.3 is 0 Å². The Kier molecular flexibility index (Phi) is 7.18. The maximum atomic E-state index is 12.6. The molecule has 156 valence electrons. The summed E-state index contributed by atoms with van der Waals surface area (Å²) < 4.78 is 5.64. The first kappa shape index (κ1) is 21.9. The Balaban J connectivity index is 1.63. The number of amides is 3. The Labute approximate surface area is 184 Å². The van der Waals surface area contributed by atoms with E-state index < -0.39 is 17.1 Å². The van der Waals surface area contributed by atoms with Gasteiger partial charge in [-0.3, -0.25) is 19.3 Å². The van der Waals surface area contributed by atoms with Crippen LogP contribution in [0.2, 0.25) is 5.02 Å². The standard InChI is InChI=1S/C22H21ClN2O4S/c1-14(2)13-29-18-8-6-15(7-9-18)10-19-21(27)25(22(28)30-19)12-20(26)24-17-5-3-4-16(23)11-17/h3-11,14H,12-13H2,1-2H3,(H,24,26)/b19-10-. The summed E-state index contributed by atoms with van der Waals surface area (Å²) in [6, 6.07) is 13.9. The number of carbonyl (C=O) groups excluding carboxylic acids is 3. The molecule has 1 fully saturated rings. The van der Waals surface area contributed by atoms with E-state index in [1.165, 1.54) is 0 Å². The van der Waals surface area contributed by atoms with Crippen LogP contribution in [0.3, 0.4) is 0 Å². The highest BCUT2D eigenvalue weighted by molar-refractivity contribution is 8.18. The molecular formula is C22H21ClN2O4S. The molecular weight excluding hydrogens is 424 g/mol. The van der Waals surface area contributed by atoms with Crippen LogP contribution in [-0.4, -0.2) is 35.1 Å². The van der Waals surface area contributed by atoms with Crippen molar-refractivity contribution in [2.24, 2.45) is 5.92 Å². The SMILES string of the molecule is CC(C)COc1ccc(/C=C2\SC(=O)N(CC(=O)Nc3cccc(Cl)c3)C2=O)cc1. The number of imide groups is 1. The van der Waals surface area contributed by atoms with Crippen molar-refractivity contribution in [2.75, 3.05) is 18.5 Å². The maximum absolute atomic E-state index is 12.6. The molecule has 1 aliphatic heterocycles. The van der Waals surface area contributed by atoms with E-state index in [1.807, 2.05) is 24.3 Å². The molecule has 6 nitrogen and oxygen atoms in total. The van der Waals surface area contributed by atoms with Gasteiger partial charge in [0.05, 0.1) is 11.5 Å². The Bertz CT molecular complexity index is 989. The largest absolute Gasteiger partial charge is 0.493 e. The predicted molar refractivity (Wildman–Crippen MR) is 120 cm³/mol. The van der Waals surface area contributed by atoms with Crippen molar-refractivity contribution in [1.82, 2.24) is 4.90 Å². The molecule has 0 saturated carbocycles. The van der Waals surface area contributed by atoms with Gasteiger partial charge in [-0.15, -0.1) is 0 Å². The van der Waals surface area contributed by atoms with Crippen LogP contribution in [0.5, 0.6) is 5.75 Å². The number of hydrogen-bond donors (Lipinski definition) is 1. The number of rotatable bonds is 7. The lowest BCUT2D eigenvalue weighted by Gasteiger charge is -2.12. The number of anilines is 1. The molecule has 30 heavy (non-hydrogen) atoms. The number of ether oxygens (including phenoxy) is 1. The first-order valence-corrected chi connectivity index (χ1v) is 10.5. The van der Waals surface area contributed by atoms with Gasteiger partial charge in [0.1, 0.15) is 12.3 Å². The van der Waals surface area contributed by atoms with Crippen molar-refractivity contribution >= 4 is 52.2 Å². The van der Waals surface area contributed by atoms with E-state index in [1.54, 1.807) is 30.3 Å². The van der Waals surface area contributed by atoms with Crippen LogP contribution in [-0.2, 0) is 9.59 Å².